The van der Waals surface area contributed by atoms with E-state index in [-0.39, 0.29) is 0 Å². The maximum absolute atomic E-state index is 5.42. The Kier molecular flexibility index (Phi) is 11.8. The Morgan fingerprint density at radius 3 is 1.21 bits per heavy atom. The van der Waals surface area contributed by atoms with Crippen molar-refractivity contribution in [3.8, 4) is 0 Å². The molecular weight excluding hydrogens is 260 g/mol. The maximum atomic E-state index is 5.42. The number of benzene rings is 1. The van der Waals surface area contributed by atoms with Gasteiger partial charge in [0.2, 0.25) is 0 Å². The largest absolute Gasteiger partial charge is 0.679 e. The molecule has 1 aromatic rings. The Bertz CT molecular complexity index is 226. The van der Waals surface area contributed by atoms with Crippen LogP contribution in [0.3, 0.4) is 0 Å². The van der Waals surface area contributed by atoms with Gasteiger partial charge in [-0.1, -0.05) is 30.3 Å². The summed E-state index contributed by atoms with van der Waals surface area (Å²) in [7, 11) is -2.80. The van der Waals surface area contributed by atoms with Crippen LogP contribution in [-0.4, -0.2) is 35.5 Å². The van der Waals surface area contributed by atoms with E-state index in [0.717, 1.165) is 0 Å². The molecule has 0 unspecified atom stereocenters. The summed E-state index contributed by atoms with van der Waals surface area (Å²) in [5.74, 6) is 0. The summed E-state index contributed by atoms with van der Waals surface area (Å²) >= 11 is 0. The van der Waals surface area contributed by atoms with E-state index in [2.05, 4.69) is 6.07 Å². The normalized spacial score (nSPS) is 10.7. The van der Waals surface area contributed by atoms with Gasteiger partial charge in [-0.05, 0) is 33.8 Å². The van der Waals surface area contributed by atoms with Crippen molar-refractivity contribution in [2.24, 2.45) is 0 Å². The molecule has 0 aliphatic heterocycles. The Hall–Kier alpha value is -0.723. The SMILES string of the molecule is CCO[Si](OCC)(OCC)OCC.[c]1ccccc1. The highest BCUT2D eigenvalue weighted by molar-refractivity contribution is 6.53. The minimum absolute atomic E-state index is 0.548. The highest BCUT2D eigenvalue weighted by Gasteiger charge is 2.44. The van der Waals surface area contributed by atoms with E-state index in [9.17, 15) is 0 Å². The smallest absolute Gasteiger partial charge is 0.351 e. The van der Waals surface area contributed by atoms with Gasteiger partial charge in [0.1, 0.15) is 0 Å². The predicted octanol–water partition coefficient (Wildman–Crippen LogP) is 3.05. The van der Waals surface area contributed by atoms with Crippen LogP contribution in [-0.2, 0) is 17.7 Å². The van der Waals surface area contributed by atoms with Crippen LogP contribution in [0.5, 0.6) is 0 Å². The molecular formula is C14H25O4Si. The van der Waals surface area contributed by atoms with Crippen molar-refractivity contribution < 1.29 is 17.7 Å². The lowest BCUT2D eigenvalue weighted by Gasteiger charge is -2.26. The summed E-state index contributed by atoms with van der Waals surface area (Å²) in [6.45, 7) is 9.80. The van der Waals surface area contributed by atoms with Crippen LogP contribution in [0.15, 0.2) is 30.3 Å². The van der Waals surface area contributed by atoms with Crippen LogP contribution in [0.4, 0.5) is 0 Å². The topological polar surface area (TPSA) is 36.9 Å². The Morgan fingerprint density at radius 2 is 1.05 bits per heavy atom. The molecule has 0 saturated heterocycles. The van der Waals surface area contributed by atoms with Gasteiger partial charge >= 0.3 is 9.05 Å². The quantitative estimate of drug-likeness (QED) is 0.688. The summed E-state index contributed by atoms with van der Waals surface area (Å²) in [6.07, 6.45) is 0. The fourth-order valence-corrected chi connectivity index (χ4v) is 3.21. The second-order valence-electron chi connectivity index (χ2n) is 3.31. The summed E-state index contributed by atoms with van der Waals surface area (Å²) in [5.41, 5.74) is 0. The lowest BCUT2D eigenvalue weighted by atomic mass is 10.4. The van der Waals surface area contributed by atoms with Gasteiger partial charge in [0.05, 0.1) is 0 Å². The average molecular weight is 285 g/mol. The zero-order valence-electron chi connectivity index (χ0n) is 12.3. The van der Waals surface area contributed by atoms with Crippen LogP contribution in [0.25, 0.3) is 0 Å². The standard InChI is InChI=1S/C8H20O4Si.C6H5/c1-5-9-13(10-6-2,11-7-3)12-8-4;1-2-4-6-5-3-1/h5-8H2,1-4H3;1-5H. The van der Waals surface area contributed by atoms with Gasteiger partial charge in [-0.3, -0.25) is 0 Å². The second kappa shape index (κ2) is 12.3. The molecule has 0 spiro atoms. The van der Waals surface area contributed by atoms with Crippen molar-refractivity contribution in [2.45, 2.75) is 27.7 Å². The van der Waals surface area contributed by atoms with Crippen molar-refractivity contribution in [3.05, 3.63) is 36.4 Å². The molecule has 1 radical (unpaired) electrons. The van der Waals surface area contributed by atoms with Gasteiger partial charge in [-0.25, -0.2) is 0 Å². The zero-order valence-corrected chi connectivity index (χ0v) is 13.3. The lowest BCUT2D eigenvalue weighted by molar-refractivity contribution is -0.0247. The van der Waals surface area contributed by atoms with Crippen molar-refractivity contribution in [3.63, 3.8) is 0 Å². The van der Waals surface area contributed by atoms with Gasteiger partial charge < -0.3 is 17.7 Å². The predicted molar refractivity (Wildman–Crippen MR) is 77.5 cm³/mol. The van der Waals surface area contributed by atoms with Gasteiger partial charge in [-0.15, -0.1) is 0 Å². The van der Waals surface area contributed by atoms with Crippen LogP contribution < -0.4 is 0 Å². The summed E-state index contributed by atoms with van der Waals surface area (Å²) in [6, 6.07) is 12.5. The minimum atomic E-state index is -2.80. The molecule has 0 fully saturated rings. The third kappa shape index (κ3) is 8.91. The van der Waals surface area contributed by atoms with E-state index in [1.54, 1.807) is 0 Å². The summed E-state index contributed by atoms with van der Waals surface area (Å²) in [4.78, 5) is 0. The lowest BCUT2D eigenvalue weighted by Crippen LogP contribution is -2.49. The zero-order chi connectivity index (χ0) is 14.4. The molecule has 0 aliphatic carbocycles. The molecule has 0 amide bonds. The molecule has 19 heavy (non-hydrogen) atoms. The first-order chi connectivity index (χ1) is 9.24. The highest BCUT2D eigenvalue weighted by Crippen LogP contribution is 2.11. The average Bonchev–Trinajstić information content (AvgIpc) is 2.43. The molecule has 1 aromatic carbocycles. The highest BCUT2D eigenvalue weighted by atomic mass is 28.4. The van der Waals surface area contributed by atoms with Gasteiger partial charge in [0, 0.05) is 26.4 Å². The minimum Gasteiger partial charge on any atom is -0.351 e. The first-order valence-electron chi connectivity index (χ1n) is 6.71. The molecule has 0 atom stereocenters. The van der Waals surface area contributed by atoms with Crippen LogP contribution in [0, 0.1) is 6.07 Å². The van der Waals surface area contributed by atoms with E-state index in [4.69, 9.17) is 17.7 Å². The van der Waals surface area contributed by atoms with Gasteiger partial charge in [-0.2, -0.15) is 0 Å². The fraction of sp³-hybridized carbons (Fsp3) is 0.571. The monoisotopic (exact) mass is 285 g/mol. The maximum Gasteiger partial charge on any atom is 0.679 e. The molecule has 0 heterocycles. The number of hydrogen-bond acceptors (Lipinski definition) is 4. The van der Waals surface area contributed by atoms with Crippen LogP contribution in [0.1, 0.15) is 27.7 Å². The summed E-state index contributed by atoms with van der Waals surface area (Å²) in [5, 5.41) is 0. The number of hydrogen-bond donors (Lipinski definition) is 0. The van der Waals surface area contributed by atoms with Gasteiger partial charge in [0.15, 0.2) is 0 Å². The van der Waals surface area contributed by atoms with Crippen LogP contribution >= 0.6 is 0 Å². The van der Waals surface area contributed by atoms with Crippen molar-refractivity contribution >= 4 is 9.05 Å². The Balaban J connectivity index is 0.000000443. The summed E-state index contributed by atoms with van der Waals surface area (Å²) < 4.78 is 21.7. The molecule has 1 rings (SSSR count). The second-order valence-corrected chi connectivity index (χ2v) is 5.46. The molecule has 0 aromatic heterocycles. The van der Waals surface area contributed by atoms with Gasteiger partial charge in [0.25, 0.3) is 0 Å². The third-order valence-corrected chi connectivity index (χ3v) is 4.46. The van der Waals surface area contributed by atoms with Crippen molar-refractivity contribution in [1.29, 1.82) is 0 Å². The molecule has 109 valence electrons. The third-order valence-electron chi connectivity index (χ3n) is 1.89. The molecule has 0 bridgehead atoms. The fourth-order valence-electron chi connectivity index (χ4n) is 1.30. The van der Waals surface area contributed by atoms with E-state index >= 15 is 0 Å². The molecule has 0 aliphatic rings. The number of rotatable bonds is 8. The molecule has 0 saturated carbocycles. The first kappa shape index (κ1) is 18.3. The van der Waals surface area contributed by atoms with Crippen LogP contribution in [0.2, 0.25) is 0 Å². The molecule has 4 nitrogen and oxygen atoms in total. The van der Waals surface area contributed by atoms with Crippen molar-refractivity contribution in [2.75, 3.05) is 26.4 Å². The van der Waals surface area contributed by atoms with E-state index < -0.39 is 9.05 Å². The molecule has 0 N–H and O–H groups in total. The Labute approximate surface area is 118 Å². The first-order valence-corrected chi connectivity index (χ1v) is 8.34. The van der Waals surface area contributed by atoms with E-state index in [1.165, 1.54) is 0 Å². The Morgan fingerprint density at radius 1 is 0.684 bits per heavy atom. The molecule has 5 heteroatoms. The van der Waals surface area contributed by atoms with E-state index in [1.807, 2.05) is 58.0 Å². The van der Waals surface area contributed by atoms with Crippen molar-refractivity contribution in [1.82, 2.24) is 0 Å². The van der Waals surface area contributed by atoms with E-state index in [0.29, 0.717) is 26.4 Å².